The van der Waals surface area contributed by atoms with Gasteiger partial charge in [-0.05, 0) is 58.3 Å². The van der Waals surface area contributed by atoms with E-state index in [1.54, 1.807) is 37.3 Å². The van der Waals surface area contributed by atoms with Crippen LogP contribution in [0.1, 0.15) is 11.1 Å². The fourth-order valence-corrected chi connectivity index (χ4v) is 2.91. The summed E-state index contributed by atoms with van der Waals surface area (Å²) >= 11 is 0. The Labute approximate surface area is 168 Å². The van der Waals surface area contributed by atoms with Gasteiger partial charge in [0.25, 0.3) is 0 Å². The van der Waals surface area contributed by atoms with Crippen LogP contribution in [0.25, 0.3) is 16.8 Å². The molecule has 4 nitrogen and oxygen atoms in total. The molecule has 0 fully saturated rings. The number of halogens is 2. The Kier molecular flexibility index (Phi) is 6.44. The highest BCUT2D eigenvalue weighted by Gasteiger charge is 2.07. The summed E-state index contributed by atoms with van der Waals surface area (Å²) in [5, 5.41) is 2.15. The van der Waals surface area contributed by atoms with Gasteiger partial charge in [-0.1, -0.05) is 30.3 Å². The number of rotatable bonds is 7. The van der Waals surface area contributed by atoms with Crippen LogP contribution in [-0.2, 0) is 11.3 Å². The first kappa shape index (κ1) is 20.3. The van der Waals surface area contributed by atoms with Crippen LogP contribution >= 0.6 is 0 Å². The normalized spacial score (nSPS) is 11.2. The van der Waals surface area contributed by atoms with Crippen molar-refractivity contribution >= 4 is 22.8 Å². The molecular formula is C23H21F2NO3. The van der Waals surface area contributed by atoms with Gasteiger partial charge in [0.15, 0.2) is 0 Å². The van der Waals surface area contributed by atoms with E-state index in [0.29, 0.717) is 12.1 Å². The Hall–Kier alpha value is -3.41. The molecule has 0 heterocycles. The molecular weight excluding hydrogens is 376 g/mol. The molecule has 0 aliphatic rings. The Bertz CT molecular complexity index is 1020. The van der Waals surface area contributed by atoms with Crippen molar-refractivity contribution in [2.45, 2.75) is 13.2 Å². The standard InChI is InChI=1S/C23H21F2NO3/c1-26(15-17-3-7-19-14-21(28-2)11-8-18(19)13-17)22(27)12-6-16-4-9-20(10-5-16)29-23(24)25/h3-14,23H,15H2,1-2H3/b12-6+. The number of amides is 1. The van der Waals surface area contributed by atoms with Crippen molar-refractivity contribution in [3.05, 3.63) is 77.9 Å². The van der Waals surface area contributed by atoms with Crippen molar-refractivity contribution in [2.75, 3.05) is 14.2 Å². The molecule has 0 saturated carbocycles. The summed E-state index contributed by atoms with van der Waals surface area (Å²) in [7, 11) is 3.36. The van der Waals surface area contributed by atoms with Gasteiger partial charge in [0.2, 0.25) is 5.91 Å². The van der Waals surface area contributed by atoms with E-state index in [9.17, 15) is 13.6 Å². The quantitative estimate of drug-likeness (QED) is 0.520. The summed E-state index contributed by atoms with van der Waals surface area (Å²) in [6.07, 6.45) is 3.09. The van der Waals surface area contributed by atoms with E-state index in [1.807, 2.05) is 36.4 Å². The average Bonchev–Trinajstić information content (AvgIpc) is 2.72. The number of benzene rings is 3. The predicted octanol–water partition coefficient (Wildman–Crippen LogP) is 5.12. The first-order valence-electron chi connectivity index (χ1n) is 8.99. The van der Waals surface area contributed by atoms with Crippen molar-refractivity contribution in [2.24, 2.45) is 0 Å². The van der Waals surface area contributed by atoms with Crippen LogP contribution in [-0.4, -0.2) is 31.6 Å². The molecule has 150 valence electrons. The third-order valence-electron chi connectivity index (χ3n) is 4.43. The summed E-state index contributed by atoms with van der Waals surface area (Å²) in [6.45, 7) is -2.39. The molecule has 1 amide bonds. The Morgan fingerprint density at radius 1 is 1.00 bits per heavy atom. The van der Waals surface area contributed by atoms with Crippen molar-refractivity contribution in [3.8, 4) is 11.5 Å². The third kappa shape index (κ3) is 5.54. The van der Waals surface area contributed by atoms with E-state index in [0.717, 1.165) is 22.1 Å². The zero-order valence-corrected chi connectivity index (χ0v) is 16.1. The lowest BCUT2D eigenvalue weighted by Crippen LogP contribution is -2.24. The van der Waals surface area contributed by atoms with Gasteiger partial charge in [-0.25, -0.2) is 0 Å². The molecule has 0 bridgehead atoms. The lowest BCUT2D eigenvalue weighted by atomic mass is 10.1. The van der Waals surface area contributed by atoms with Crippen molar-refractivity contribution in [1.29, 1.82) is 0 Å². The van der Waals surface area contributed by atoms with Crippen LogP contribution in [0.4, 0.5) is 8.78 Å². The van der Waals surface area contributed by atoms with Crippen molar-refractivity contribution < 1.29 is 23.0 Å². The summed E-state index contributed by atoms with van der Waals surface area (Å²) in [6, 6.07) is 18.0. The molecule has 6 heteroatoms. The second kappa shape index (κ2) is 9.19. The number of carbonyl (C=O) groups excluding carboxylic acids is 1. The van der Waals surface area contributed by atoms with E-state index >= 15 is 0 Å². The summed E-state index contributed by atoms with van der Waals surface area (Å²) in [4.78, 5) is 14.0. The number of hydrogen-bond acceptors (Lipinski definition) is 3. The number of hydrogen-bond donors (Lipinski definition) is 0. The summed E-state index contributed by atoms with van der Waals surface area (Å²) < 4.78 is 33.9. The molecule has 29 heavy (non-hydrogen) atoms. The van der Waals surface area contributed by atoms with Crippen LogP contribution in [0.3, 0.4) is 0 Å². The fourth-order valence-electron chi connectivity index (χ4n) is 2.91. The first-order chi connectivity index (χ1) is 13.9. The Balaban J connectivity index is 1.62. The highest BCUT2D eigenvalue weighted by molar-refractivity contribution is 5.91. The highest BCUT2D eigenvalue weighted by atomic mass is 19.3. The predicted molar refractivity (Wildman–Crippen MR) is 109 cm³/mol. The van der Waals surface area contributed by atoms with Gasteiger partial charge in [0.05, 0.1) is 7.11 Å². The molecule has 3 rings (SSSR count). The number of methoxy groups -OCH3 is 1. The van der Waals surface area contributed by atoms with Crippen molar-refractivity contribution in [1.82, 2.24) is 4.90 Å². The summed E-state index contributed by atoms with van der Waals surface area (Å²) in [5.41, 5.74) is 1.73. The van der Waals surface area contributed by atoms with Gasteiger partial charge in [0.1, 0.15) is 11.5 Å². The SMILES string of the molecule is COc1ccc2cc(CN(C)C(=O)/C=C/c3ccc(OC(F)F)cc3)ccc2c1. The molecule has 0 aromatic heterocycles. The minimum atomic E-state index is -2.86. The maximum absolute atomic E-state index is 12.4. The maximum atomic E-state index is 12.4. The second-order valence-corrected chi connectivity index (χ2v) is 6.52. The van der Waals surface area contributed by atoms with Crippen LogP contribution in [0.2, 0.25) is 0 Å². The van der Waals surface area contributed by atoms with E-state index in [4.69, 9.17) is 4.74 Å². The van der Waals surface area contributed by atoms with Crippen LogP contribution in [0.15, 0.2) is 66.7 Å². The number of ether oxygens (including phenoxy) is 2. The van der Waals surface area contributed by atoms with Gasteiger partial charge in [0, 0.05) is 19.7 Å². The minimum absolute atomic E-state index is 0.0783. The lowest BCUT2D eigenvalue weighted by Gasteiger charge is -2.16. The fraction of sp³-hybridized carbons (Fsp3) is 0.174. The molecule has 0 aliphatic heterocycles. The van der Waals surface area contributed by atoms with E-state index < -0.39 is 6.61 Å². The van der Waals surface area contributed by atoms with E-state index in [1.165, 1.54) is 18.2 Å². The number of likely N-dealkylation sites (N-methyl/N-ethyl adjacent to an activating group) is 1. The number of fused-ring (bicyclic) bond motifs is 1. The van der Waals surface area contributed by atoms with Crippen LogP contribution in [0, 0.1) is 0 Å². The molecule has 3 aromatic rings. The van der Waals surface area contributed by atoms with Gasteiger partial charge in [-0.3, -0.25) is 4.79 Å². The van der Waals surface area contributed by atoms with Crippen LogP contribution in [0.5, 0.6) is 11.5 Å². The van der Waals surface area contributed by atoms with Gasteiger partial charge in [-0.15, -0.1) is 0 Å². The smallest absolute Gasteiger partial charge is 0.387 e. The largest absolute Gasteiger partial charge is 0.497 e. The molecule has 0 N–H and O–H groups in total. The first-order valence-corrected chi connectivity index (χ1v) is 8.99. The van der Waals surface area contributed by atoms with E-state index in [-0.39, 0.29) is 11.7 Å². The number of alkyl halides is 2. The van der Waals surface area contributed by atoms with Gasteiger partial charge in [-0.2, -0.15) is 8.78 Å². The molecule has 0 spiro atoms. The zero-order valence-electron chi connectivity index (χ0n) is 16.1. The topological polar surface area (TPSA) is 38.8 Å². The Morgan fingerprint density at radius 3 is 2.34 bits per heavy atom. The highest BCUT2D eigenvalue weighted by Crippen LogP contribution is 2.22. The average molecular weight is 397 g/mol. The third-order valence-corrected chi connectivity index (χ3v) is 4.43. The van der Waals surface area contributed by atoms with Crippen molar-refractivity contribution in [3.63, 3.8) is 0 Å². The Morgan fingerprint density at radius 2 is 1.66 bits per heavy atom. The van der Waals surface area contributed by atoms with Crippen LogP contribution < -0.4 is 9.47 Å². The monoisotopic (exact) mass is 397 g/mol. The second-order valence-electron chi connectivity index (χ2n) is 6.52. The van der Waals surface area contributed by atoms with Gasteiger partial charge >= 0.3 is 6.61 Å². The molecule has 3 aromatic carbocycles. The lowest BCUT2D eigenvalue weighted by molar-refractivity contribution is -0.125. The van der Waals surface area contributed by atoms with Gasteiger partial charge < -0.3 is 14.4 Å². The van der Waals surface area contributed by atoms with E-state index in [2.05, 4.69) is 4.74 Å². The maximum Gasteiger partial charge on any atom is 0.387 e. The number of nitrogens with zero attached hydrogens (tertiary/aromatic N) is 1. The summed E-state index contributed by atoms with van der Waals surface area (Å²) in [5.74, 6) is 0.721. The molecule has 0 aliphatic carbocycles. The minimum Gasteiger partial charge on any atom is -0.497 e. The molecule has 0 saturated heterocycles. The zero-order chi connectivity index (χ0) is 20.8. The number of carbonyl (C=O) groups is 1. The molecule has 0 radical (unpaired) electrons. The molecule has 0 atom stereocenters. The molecule has 0 unspecified atom stereocenters.